The molecule has 19 heteroatoms. The minimum atomic E-state index is -2.22. The quantitative estimate of drug-likeness (QED) is 0.0920. The van der Waals surface area contributed by atoms with Crippen LogP contribution in [0.5, 0.6) is 0 Å². The summed E-state index contributed by atoms with van der Waals surface area (Å²) in [5.74, 6) is -0.398. The van der Waals surface area contributed by atoms with Gasteiger partial charge in [-0.3, -0.25) is 4.79 Å². The molecule has 0 aliphatic carbocycles. The predicted molar refractivity (Wildman–Crippen MR) is 234 cm³/mol. The Bertz CT molecular complexity index is 1180. The Hall–Kier alpha value is 0.588. The van der Waals surface area contributed by atoms with Crippen molar-refractivity contribution in [2.45, 2.75) is 206 Å². The highest BCUT2D eigenvalue weighted by Gasteiger charge is 2.55. The van der Waals surface area contributed by atoms with Gasteiger partial charge in [-0.05, 0) is 137 Å². The molecule has 12 nitrogen and oxygen atoms in total. The minimum absolute atomic E-state index is 0.00911. The average molecular weight is 890 g/mol. The number of carbonyl (C=O) groups is 1. The van der Waals surface area contributed by atoms with Crippen LogP contribution < -0.4 is 0 Å². The molecule has 0 radical (unpaired) electrons. The van der Waals surface area contributed by atoms with E-state index in [1.165, 1.54) is 6.92 Å². The molecule has 0 aromatic carbocycles. The maximum atomic E-state index is 12.1. The zero-order valence-corrected chi connectivity index (χ0v) is 45.1. The topological polar surface area (TPSA) is 119 Å². The first-order chi connectivity index (χ1) is 23.9. The van der Waals surface area contributed by atoms with Gasteiger partial charge in [0, 0.05) is 6.92 Å². The molecule has 0 aromatic heterocycles. The van der Waals surface area contributed by atoms with Gasteiger partial charge in [0.25, 0.3) is 0 Å². The predicted octanol–water partition coefficient (Wildman–Crippen LogP) is 8.19. The van der Waals surface area contributed by atoms with E-state index in [0.717, 1.165) is 0 Å². The summed E-state index contributed by atoms with van der Waals surface area (Å²) < 4.78 is 74.8. The Morgan fingerprint density at radius 3 is 1.00 bits per heavy atom. The van der Waals surface area contributed by atoms with Crippen molar-refractivity contribution < 1.29 is 54.7 Å². The van der Waals surface area contributed by atoms with Gasteiger partial charge in [-0.15, -0.1) is 0 Å². The molecule has 1 unspecified atom stereocenters. The second-order valence-electron chi connectivity index (χ2n) is 21.6. The van der Waals surface area contributed by atoms with Crippen molar-refractivity contribution in [2.75, 3.05) is 13.2 Å². The summed E-state index contributed by atoms with van der Waals surface area (Å²) >= 11 is 0. The number of hydrogen-bond donors (Lipinski definition) is 0. The number of ether oxygens (including phenoxy) is 4. The van der Waals surface area contributed by atoms with E-state index in [2.05, 4.69) is 137 Å². The van der Waals surface area contributed by atoms with Gasteiger partial charge in [-0.1, -0.05) is 0 Å². The van der Waals surface area contributed by atoms with Gasteiger partial charge >= 0.3 is 5.97 Å². The first-order valence-electron chi connectivity index (χ1n) is 19.7. The highest BCUT2D eigenvalue weighted by atomic mass is 28.4. The Morgan fingerprint density at radius 2 is 0.667 bits per heavy atom. The Labute approximate surface area is 336 Å². The molecule has 10 atom stereocenters. The van der Waals surface area contributed by atoms with E-state index in [-0.39, 0.29) is 13.2 Å². The third-order valence-electron chi connectivity index (χ3n) is 7.47. The lowest BCUT2D eigenvalue weighted by atomic mass is 9.98. The van der Waals surface area contributed by atoms with Gasteiger partial charge in [-0.25, -0.2) is 0 Å². The lowest BCUT2D eigenvalue weighted by molar-refractivity contribution is -0.315. The van der Waals surface area contributed by atoms with E-state index < -0.39 is 126 Å². The van der Waals surface area contributed by atoms with Crippen LogP contribution in [0.1, 0.15) is 6.92 Å². The first kappa shape index (κ1) is 50.7. The van der Waals surface area contributed by atoms with Gasteiger partial charge in [-0.2, -0.15) is 0 Å². The molecule has 2 aliphatic rings. The standard InChI is InChI=1S/C35H80O12Si7/c1-25(36)37-23-26-28(41-48(2,3)4)30(43-50(8,9)10)32(45-52(14,15)16)34(39-26)38-24-27-29(42-49(5,6)7)31(44-51(11,12)13)33(46-53(17,18)19)35(40-27)47-54(20,21)22/h26-35H,23-24H2,1-22H3/t26-,27-,28+,29-,30+,31+,32-,33-,34+,35?/m1/s1. The van der Waals surface area contributed by atoms with Crippen LogP contribution in [-0.4, -0.2) is 139 Å². The van der Waals surface area contributed by atoms with Crippen LogP contribution in [0.25, 0.3) is 0 Å². The van der Waals surface area contributed by atoms with Crippen LogP contribution in [0.3, 0.4) is 0 Å². The molecule has 2 rings (SSSR count). The van der Waals surface area contributed by atoms with Crippen LogP contribution in [-0.2, 0) is 54.7 Å². The van der Waals surface area contributed by atoms with Crippen molar-refractivity contribution in [1.82, 2.24) is 0 Å². The summed E-state index contributed by atoms with van der Waals surface area (Å²) in [4.78, 5) is 12.1. The molecule has 0 spiro atoms. The van der Waals surface area contributed by atoms with Gasteiger partial charge in [0.15, 0.2) is 70.8 Å². The van der Waals surface area contributed by atoms with Crippen LogP contribution >= 0.6 is 0 Å². The summed E-state index contributed by atoms with van der Waals surface area (Å²) in [6.07, 6.45) is -5.94. The molecule has 54 heavy (non-hydrogen) atoms. The molecule has 0 bridgehead atoms. The van der Waals surface area contributed by atoms with Gasteiger partial charge in [0.2, 0.25) is 0 Å². The number of hydrogen-bond acceptors (Lipinski definition) is 12. The fourth-order valence-electron chi connectivity index (χ4n) is 6.24. The van der Waals surface area contributed by atoms with Crippen molar-refractivity contribution in [3.05, 3.63) is 0 Å². The van der Waals surface area contributed by atoms with E-state index in [9.17, 15) is 4.79 Å². The minimum Gasteiger partial charge on any atom is -0.463 e. The van der Waals surface area contributed by atoms with E-state index >= 15 is 0 Å². The summed E-state index contributed by atoms with van der Waals surface area (Å²) in [6.45, 7) is 46.9. The maximum Gasteiger partial charge on any atom is 0.302 e. The third-order valence-corrected chi connectivity index (χ3v) is 14.3. The Balaban J connectivity index is 2.74. The van der Waals surface area contributed by atoms with Gasteiger partial charge in [0.1, 0.15) is 55.4 Å². The van der Waals surface area contributed by atoms with Gasteiger partial charge in [0.05, 0.1) is 6.61 Å². The van der Waals surface area contributed by atoms with Crippen LogP contribution in [0.4, 0.5) is 0 Å². The van der Waals surface area contributed by atoms with Crippen LogP contribution in [0, 0.1) is 0 Å². The molecule has 0 N–H and O–H groups in total. The maximum absolute atomic E-state index is 12.1. The SMILES string of the molecule is CC(=O)OC[C@H]1O[C@H](OC[C@H]2OC(O[Si](C)(C)C)[C@H](O[Si](C)(C)C)[C@@H](O[Si](C)(C)C)[C@@H]2O[Si](C)(C)C)[C@H](O[Si](C)(C)C)[C@@H](O[Si](C)(C)C)[C@H]1O[Si](C)(C)C. The summed E-state index contributed by atoms with van der Waals surface area (Å²) in [5.41, 5.74) is 0. The molecule has 2 heterocycles. The second-order valence-corrected chi connectivity index (χ2v) is 52.8. The monoisotopic (exact) mass is 888 g/mol. The molecular formula is C35H80O12Si7. The lowest BCUT2D eigenvalue weighted by Gasteiger charge is -2.52. The van der Waals surface area contributed by atoms with Crippen molar-refractivity contribution in [3.8, 4) is 0 Å². The number of esters is 1. The summed E-state index contributed by atoms with van der Waals surface area (Å²) in [6, 6.07) is 0. The zero-order valence-electron chi connectivity index (χ0n) is 38.1. The van der Waals surface area contributed by atoms with E-state index in [1.807, 2.05) is 0 Å². The summed E-state index contributed by atoms with van der Waals surface area (Å²) in [5, 5.41) is 0. The highest BCUT2D eigenvalue weighted by molar-refractivity contribution is 6.72. The summed E-state index contributed by atoms with van der Waals surface area (Å²) in [7, 11) is -15.2. The second kappa shape index (κ2) is 18.9. The van der Waals surface area contributed by atoms with E-state index in [4.69, 9.17) is 49.9 Å². The fourth-order valence-corrected chi connectivity index (χ4v) is 13.6. The first-order valence-corrected chi connectivity index (χ1v) is 43.6. The van der Waals surface area contributed by atoms with E-state index in [1.54, 1.807) is 0 Å². The largest absolute Gasteiger partial charge is 0.463 e. The average Bonchev–Trinajstić information content (AvgIpc) is 2.88. The Kier molecular flexibility index (Phi) is 17.7. The number of carbonyl (C=O) groups excluding carboxylic acids is 1. The smallest absolute Gasteiger partial charge is 0.302 e. The molecule has 2 saturated heterocycles. The van der Waals surface area contributed by atoms with Crippen LogP contribution in [0.15, 0.2) is 0 Å². The number of rotatable bonds is 19. The van der Waals surface area contributed by atoms with Crippen molar-refractivity contribution in [3.63, 3.8) is 0 Å². The molecule has 0 aromatic rings. The zero-order chi connectivity index (χ0) is 42.0. The molecule has 2 fully saturated rings. The molecule has 2 aliphatic heterocycles. The van der Waals surface area contributed by atoms with Crippen molar-refractivity contribution >= 4 is 64.2 Å². The molecule has 320 valence electrons. The molecular weight excluding hydrogens is 809 g/mol. The lowest BCUT2D eigenvalue weighted by Crippen LogP contribution is -2.68. The molecule has 0 saturated carbocycles. The van der Waals surface area contributed by atoms with E-state index in [0.29, 0.717) is 0 Å². The third kappa shape index (κ3) is 19.1. The highest BCUT2D eigenvalue weighted by Crippen LogP contribution is 2.38. The van der Waals surface area contributed by atoms with Gasteiger partial charge < -0.3 is 49.9 Å². The Morgan fingerprint density at radius 1 is 0.389 bits per heavy atom. The molecule has 0 amide bonds. The van der Waals surface area contributed by atoms with Crippen molar-refractivity contribution in [1.29, 1.82) is 0 Å². The fraction of sp³-hybridized carbons (Fsp3) is 0.971. The van der Waals surface area contributed by atoms with Crippen LogP contribution in [0.2, 0.25) is 137 Å². The van der Waals surface area contributed by atoms with Crippen molar-refractivity contribution in [2.24, 2.45) is 0 Å². The normalized spacial score (nSPS) is 31.1.